The highest BCUT2D eigenvalue weighted by Crippen LogP contribution is 2.29. The molecule has 1 aromatic carbocycles. The molecular weight excluding hydrogens is 255 g/mol. The zero-order valence-electron chi connectivity index (χ0n) is 10.7. The van der Waals surface area contributed by atoms with Crippen molar-refractivity contribution in [1.82, 2.24) is 4.98 Å². The van der Waals surface area contributed by atoms with E-state index in [0.717, 1.165) is 16.7 Å². The quantitative estimate of drug-likeness (QED) is 0.760. The summed E-state index contributed by atoms with van der Waals surface area (Å²) in [5, 5.41) is 0. The number of benzene rings is 1. The molecule has 0 aliphatic rings. The third-order valence-electron chi connectivity index (χ3n) is 2.83. The molecule has 1 heterocycles. The van der Waals surface area contributed by atoms with Crippen LogP contribution in [0.5, 0.6) is 11.6 Å². The molecule has 0 N–H and O–H groups in total. The first-order valence-corrected chi connectivity index (χ1v) is 5.65. The van der Waals surface area contributed by atoms with E-state index in [1.165, 1.54) is 0 Å². The number of aryl methyl sites for hydroxylation is 2. The van der Waals surface area contributed by atoms with Gasteiger partial charge in [0.25, 0.3) is 11.8 Å². The summed E-state index contributed by atoms with van der Waals surface area (Å²) in [6.07, 6.45) is 0. The van der Waals surface area contributed by atoms with E-state index in [1.54, 1.807) is 13.0 Å². The van der Waals surface area contributed by atoms with Crippen molar-refractivity contribution >= 4 is 0 Å². The van der Waals surface area contributed by atoms with Crippen molar-refractivity contribution in [2.45, 2.75) is 20.8 Å². The maximum absolute atomic E-state index is 13.5. The number of nitrogens with zero attached hydrogens (tertiary/aromatic N) is 1. The number of halogens is 3. The van der Waals surface area contributed by atoms with E-state index in [0.29, 0.717) is 11.8 Å². The molecular formula is C14H12F3NO. The molecule has 100 valence electrons. The van der Waals surface area contributed by atoms with Crippen LogP contribution in [-0.2, 0) is 0 Å². The van der Waals surface area contributed by atoms with Gasteiger partial charge in [0.15, 0.2) is 11.6 Å². The van der Waals surface area contributed by atoms with Crippen molar-refractivity contribution in [3.63, 3.8) is 0 Å². The Balaban J connectivity index is 2.44. The minimum atomic E-state index is -1.39. The fraction of sp³-hybridized carbons (Fsp3) is 0.214. The molecule has 0 saturated carbocycles. The molecule has 1 aromatic heterocycles. The second-order valence-corrected chi connectivity index (χ2v) is 4.35. The molecule has 0 amide bonds. The Morgan fingerprint density at radius 2 is 1.63 bits per heavy atom. The molecule has 0 fully saturated rings. The van der Waals surface area contributed by atoms with E-state index in [4.69, 9.17) is 4.74 Å². The van der Waals surface area contributed by atoms with Gasteiger partial charge in [-0.05, 0) is 43.5 Å². The molecule has 2 rings (SSSR count). The molecule has 2 aromatic rings. The molecule has 0 aliphatic carbocycles. The van der Waals surface area contributed by atoms with Crippen LogP contribution in [0.1, 0.15) is 16.7 Å². The number of aromatic nitrogens is 1. The van der Waals surface area contributed by atoms with Crippen LogP contribution in [0.4, 0.5) is 13.2 Å². The van der Waals surface area contributed by atoms with Crippen LogP contribution < -0.4 is 4.74 Å². The predicted molar refractivity (Wildman–Crippen MR) is 64.8 cm³/mol. The highest BCUT2D eigenvalue weighted by atomic mass is 19.2. The SMILES string of the molecule is Cc1cc(C)c(C)c(Oc2nc(F)c(F)cc2F)c1. The fourth-order valence-corrected chi connectivity index (χ4v) is 1.71. The molecule has 0 aliphatic heterocycles. The maximum Gasteiger partial charge on any atom is 0.258 e. The summed E-state index contributed by atoms with van der Waals surface area (Å²) < 4.78 is 44.5. The van der Waals surface area contributed by atoms with Crippen molar-refractivity contribution < 1.29 is 17.9 Å². The summed E-state index contributed by atoms with van der Waals surface area (Å²) in [5.41, 5.74) is 2.66. The van der Waals surface area contributed by atoms with Crippen LogP contribution in [0, 0.1) is 38.4 Å². The topological polar surface area (TPSA) is 22.1 Å². The summed E-state index contributed by atoms with van der Waals surface area (Å²) >= 11 is 0. The Hall–Kier alpha value is -2.04. The summed E-state index contributed by atoms with van der Waals surface area (Å²) in [6, 6.07) is 4.04. The Labute approximate surface area is 108 Å². The van der Waals surface area contributed by atoms with Gasteiger partial charge in [0.2, 0.25) is 0 Å². The average molecular weight is 267 g/mol. The van der Waals surface area contributed by atoms with Gasteiger partial charge in [-0.1, -0.05) is 6.07 Å². The van der Waals surface area contributed by atoms with Crippen molar-refractivity contribution in [3.8, 4) is 11.6 Å². The van der Waals surface area contributed by atoms with E-state index < -0.39 is 23.5 Å². The van der Waals surface area contributed by atoms with Crippen molar-refractivity contribution in [1.29, 1.82) is 0 Å². The van der Waals surface area contributed by atoms with Crippen molar-refractivity contribution in [3.05, 3.63) is 52.5 Å². The molecule has 2 nitrogen and oxygen atoms in total. The molecule has 0 unspecified atom stereocenters. The van der Waals surface area contributed by atoms with E-state index in [9.17, 15) is 13.2 Å². The lowest BCUT2D eigenvalue weighted by atomic mass is 10.1. The largest absolute Gasteiger partial charge is 0.436 e. The van der Waals surface area contributed by atoms with Gasteiger partial charge in [-0.15, -0.1) is 0 Å². The monoisotopic (exact) mass is 267 g/mol. The molecule has 0 bridgehead atoms. The van der Waals surface area contributed by atoms with Crippen LogP contribution in [0.2, 0.25) is 0 Å². The van der Waals surface area contributed by atoms with Gasteiger partial charge in [0.1, 0.15) is 5.75 Å². The van der Waals surface area contributed by atoms with Gasteiger partial charge in [-0.2, -0.15) is 9.37 Å². The molecule has 0 spiro atoms. The van der Waals surface area contributed by atoms with Gasteiger partial charge in [0.05, 0.1) is 0 Å². The number of hydrogen-bond acceptors (Lipinski definition) is 2. The van der Waals surface area contributed by atoms with Gasteiger partial charge < -0.3 is 4.74 Å². The van der Waals surface area contributed by atoms with Gasteiger partial charge in [0, 0.05) is 6.07 Å². The fourth-order valence-electron chi connectivity index (χ4n) is 1.71. The smallest absolute Gasteiger partial charge is 0.258 e. The second-order valence-electron chi connectivity index (χ2n) is 4.35. The lowest BCUT2D eigenvalue weighted by molar-refractivity contribution is 0.385. The van der Waals surface area contributed by atoms with Crippen LogP contribution in [0.3, 0.4) is 0 Å². The van der Waals surface area contributed by atoms with Crippen LogP contribution >= 0.6 is 0 Å². The normalized spacial score (nSPS) is 10.6. The minimum absolute atomic E-state index is 0.370. The first-order chi connectivity index (χ1) is 8.88. The lowest BCUT2D eigenvalue weighted by Crippen LogP contribution is -2.00. The molecule has 19 heavy (non-hydrogen) atoms. The second kappa shape index (κ2) is 4.91. The van der Waals surface area contributed by atoms with Gasteiger partial charge >= 0.3 is 0 Å². The Bertz CT molecular complexity index is 641. The van der Waals surface area contributed by atoms with E-state index >= 15 is 0 Å². The van der Waals surface area contributed by atoms with Gasteiger partial charge in [-0.25, -0.2) is 8.78 Å². The number of rotatable bonds is 2. The standard InChI is InChI=1S/C14H12F3NO/c1-7-4-8(2)9(3)12(5-7)19-14-11(16)6-10(15)13(17)18-14/h4-6H,1-3H3. The van der Waals surface area contributed by atoms with Crippen LogP contribution in [0.25, 0.3) is 0 Å². The van der Waals surface area contributed by atoms with E-state index in [1.807, 2.05) is 19.9 Å². The van der Waals surface area contributed by atoms with E-state index in [-0.39, 0.29) is 0 Å². The summed E-state index contributed by atoms with van der Waals surface area (Å²) in [7, 11) is 0. The van der Waals surface area contributed by atoms with Crippen molar-refractivity contribution in [2.24, 2.45) is 0 Å². The molecule has 0 saturated heterocycles. The third-order valence-corrected chi connectivity index (χ3v) is 2.83. The van der Waals surface area contributed by atoms with E-state index in [2.05, 4.69) is 4.98 Å². The van der Waals surface area contributed by atoms with Crippen LogP contribution in [0.15, 0.2) is 18.2 Å². The number of hydrogen-bond donors (Lipinski definition) is 0. The predicted octanol–water partition coefficient (Wildman–Crippen LogP) is 4.22. The van der Waals surface area contributed by atoms with Gasteiger partial charge in [-0.3, -0.25) is 0 Å². The Morgan fingerprint density at radius 1 is 0.947 bits per heavy atom. The molecule has 5 heteroatoms. The summed E-state index contributed by atoms with van der Waals surface area (Å²) in [6.45, 7) is 5.53. The highest BCUT2D eigenvalue weighted by Gasteiger charge is 2.15. The zero-order valence-corrected chi connectivity index (χ0v) is 10.7. The first kappa shape index (κ1) is 13.4. The lowest BCUT2D eigenvalue weighted by Gasteiger charge is -2.11. The minimum Gasteiger partial charge on any atom is -0.436 e. The third kappa shape index (κ3) is 2.70. The Kier molecular flexibility index (Phi) is 3.46. The summed E-state index contributed by atoms with van der Waals surface area (Å²) in [4.78, 5) is 3.13. The number of ether oxygens (including phenoxy) is 1. The van der Waals surface area contributed by atoms with Crippen LogP contribution in [-0.4, -0.2) is 4.98 Å². The molecule has 0 atom stereocenters. The zero-order chi connectivity index (χ0) is 14.2. The average Bonchev–Trinajstić information content (AvgIpc) is 2.32. The Morgan fingerprint density at radius 3 is 2.32 bits per heavy atom. The number of pyridine rings is 1. The van der Waals surface area contributed by atoms with Crippen molar-refractivity contribution in [2.75, 3.05) is 0 Å². The maximum atomic E-state index is 13.5. The molecule has 0 radical (unpaired) electrons. The highest BCUT2D eigenvalue weighted by molar-refractivity contribution is 5.43. The first-order valence-electron chi connectivity index (χ1n) is 5.65. The summed E-state index contributed by atoms with van der Waals surface area (Å²) in [5.74, 6) is -3.99.